The first-order valence-corrected chi connectivity index (χ1v) is 5.85. The lowest BCUT2D eigenvalue weighted by molar-refractivity contribution is -0.136. The van der Waals surface area contributed by atoms with Crippen molar-refractivity contribution in [2.45, 2.75) is 6.42 Å². The molecule has 7 heteroatoms. The summed E-state index contributed by atoms with van der Waals surface area (Å²) in [5.74, 6) is -0.334. The molecule has 2 N–H and O–H groups in total. The lowest BCUT2D eigenvalue weighted by atomic mass is 10.1. The van der Waals surface area contributed by atoms with Gasteiger partial charge in [-0.25, -0.2) is 4.98 Å². The van der Waals surface area contributed by atoms with Crippen LogP contribution in [0.5, 0.6) is 5.75 Å². The number of carboxylic acids is 1. The second-order valence-corrected chi connectivity index (χ2v) is 4.26. The number of nitrogens with one attached hydrogen (secondary N) is 1. The predicted molar refractivity (Wildman–Crippen MR) is 67.4 cm³/mol. The van der Waals surface area contributed by atoms with Crippen molar-refractivity contribution >= 4 is 17.6 Å². The van der Waals surface area contributed by atoms with Gasteiger partial charge in [-0.2, -0.15) is 0 Å². The summed E-state index contributed by atoms with van der Waals surface area (Å²) in [6.45, 7) is -0.00584. The van der Waals surface area contributed by atoms with Crippen LogP contribution in [-0.4, -0.2) is 28.6 Å². The van der Waals surface area contributed by atoms with E-state index in [2.05, 4.69) is 10.3 Å². The van der Waals surface area contributed by atoms with Crippen molar-refractivity contribution in [3.8, 4) is 17.2 Å². The summed E-state index contributed by atoms with van der Waals surface area (Å²) in [7, 11) is 0. The first-order chi connectivity index (χ1) is 9.61. The molecule has 0 unspecified atom stereocenters. The lowest BCUT2D eigenvalue weighted by Crippen LogP contribution is -2.25. The third-order valence-electron chi connectivity index (χ3n) is 2.74. The summed E-state index contributed by atoms with van der Waals surface area (Å²) in [5, 5.41) is 11.4. The van der Waals surface area contributed by atoms with Crippen LogP contribution in [0.2, 0.25) is 0 Å². The highest BCUT2D eigenvalue weighted by atomic mass is 16.5. The number of anilines is 1. The van der Waals surface area contributed by atoms with Crippen molar-refractivity contribution in [3.63, 3.8) is 0 Å². The first-order valence-electron chi connectivity index (χ1n) is 5.85. The summed E-state index contributed by atoms with van der Waals surface area (Å²) in [6, 6.07) is 5.10. The Morgan fingerprint density at radius 1 is 1.45 bits per heavy atom. The van der Waals surface area contributed by atoms with Crippen molar-refractivity contribution in [1.82, 2.24) is 4.98 Å². The van der Waals surface area contributed by atoms with Crippen LogP contribution in [0.3, 0.4) is 0 Å². The maximum Gasteiger partial charge on any atom is 0.309 e. The highest BCUT2D eigenvalue weighted by Gasteiger charge is 2.18. The van der Waals surface area contributed by atoms with E-state index < -0.39 is 5.97 Å². The second kappa shape index (κ2) is 4.69. The van der Waals surface area contributed by atoms with Crippen LogP contribution in [0.15, 0.2) is 28.9 Å². The molecule has 20 heavy (non-hydrogen) atoms. The van der Waals surface area contributed by atoms with E-state index in [0.29, 0.717) is 28.6 Å². The van der Waals surface area contributed by atoms with Crippen LogP contribution in [0, 0.1) is 0 Å². The molecular weight excluding hydrogens is 264 g/mol. The monoisotopic (exact) mass is 274 g/mol. The van der Waals surface area contributed by atoms with Crippen molar-refractivity contribution < 1.29 is 23.8 Å². The van der Waals surface area contributed by atoms with Crippen LogP contribution in [0.4, 0.5) is 5.69 Å². The Hall–Kier alpha value is -2.83. The number of carboxylic acid groups (broad SMARTS) is 1. The summed E-state index contributed by atoms with van der Waals surface area (Å²) in [6.07, 6.45) is 1.10. The number of hydrogen-bond acceptors (Lipinski definition) is 5. The van der Waals surface area contributed by atoms with Crippen molar-refractivity contribution in [3.05, 3.63) is 30.2 Å². The van der Waals surface area contributed by atoms with Gasteiger partial charge in [0.15, 0.2) is 6.61 Å². The fourth-order valence-electron chi connectivity index (χ4n) is 1.89. The topological polar surface area (TPSA) is 102 Å². The zero-order valence-corrected chi connectivity index (χ0v) is 10.3. The normalized spacial score (nSPS) is 13.3. The Morgan fingerprint density at radius 3 is 3.10 bits per heavy atom. The quantitative estimate of drug-likeness (QED) is 0.874. The Morgan fingerprint density at radius 2 is 2.30 bits per heavy atom. The molecule has 3 rings (SSSR count). The number of ether oxygens (including phenoxy) is 1. The number of hydrogen-bond donors (Lipinski definition) is 2. The average Bonchev–Trinajstić information content (AvgIpc) is 2.85. The van der Waals surface area contributed by atoms with E-state index in [4.69, 9.17) is 14.3 Å². The number of benzene rings is 1. The molecule has 1 aliphatic heterocycles. The van der Waals surface area contributed by atoms with Crippen molar-refractivity contribution in [2.75, 3.05) is 11.9 Å². The van der Waals surface area contributed by atoms with Crippen LogP contribution < -0.4 is 10.1 Å². The molecule has 0 saturated heterocycles. The zero-order chi connectivity index (χ0) is 14.1. The van der Waals surface area contributed by atoms with E-state index in [1.54, 1.807) is 18.2 Å². The van der Waals surface area contributed by atoms with Crippen LogP contribution >= 0.6 is 0 Å². The standard InChI is InChI=1S/C13H10N2O5/c16-11-6-19-10-2-1-7(3-9(10)15-11)13-14-8(5-20-13)4-12(17)18/h1-3,5H,4,6H2,(H,15,16)(H,17,18). The van der Waals surface area contributed by atoms with E-state index in [-0.39, 0.29) is 18.9 Å². The highest BCUT2D eigenvalue weighted by molar-refractivity contribution is 5.96. The number of oxazole rings is 1. The molecule has 1 amide bonds. The minimum absolute atomic E-state index is 0.00584. The molecule has 0 bridgehead atoms. The molecule has 2 aromatic rings. The summed E-state index contributed by atoms with van der Waals surface area (Å²) in [5.41, 5.74) is 1.51. The molecule has 0 aliphatic carbocycles. The van der Waals surface area contributed by atoms with Gasteiger partial charge in [0, 0.05) is 5.56 Å². The maximum atomic E-state index is 11.3. The van der Waals surface area contributed by atoms with Gasteiger partial charge in [0.05, 0.1) is 17.8 Å². The molecule has 1 aromatic carbocycles. The smallest absolute Gasteiger partial charge is 0.309 e. The third-order valence-corrected chi connectivity index (χ3v) is 2.74. The molecule has 0 spiro atoms. The highest BCUT2D eigenvalue weighted by Crippen LogP contribution is 2.32. The number of aliphatic carboxylic acids is 1. The largest absolute Gasteiger partial charge is 0.482 e. The molecule has 1 aromatic heterocycles. The Kier molecular flexibility index (Phi) is 2.86. The van der Waals surface area contributed by atoms with E-state index in [0.717, 1.165) is 0 Å². The summed E-state index contributed by atoms with van der Waals surface area (Å²) in [4.78, 5) is 25.9. The van der Waals surface area contributed by atoms with Crippen molar-refractivity contribution in [1.29, 1.82) is 0 Å². The molecule has 102 valence electrons. The first kappa shape index (κ1) is 12.2. The van der Waals surface area contributed by atoms with Gasteiger partial charge in [0.2, 0.25) is 5.89 Å². The molecule has 0 atom stereocenters. The minimum Gasteiger partial charge on any atom is -0.482 e. The fraction of sp³-hybridized carbons (Fsp3) is 0.154. The number of amides is 1. The van der Waals surface area contributed by atoms with Gasteiger partial charge in [-0.05, 0) is 18.2 Å². The molecule has 2 heterocycles. The fourth-order valence-corrected chi connectivity index (χ4v) is 1.89. The number of carbonyl (C=O) groups is 2. The number of carbonyl (C=O) groups excluding carboxylic acids is 1. The van der Waals surface area contributed by atoms with Crippen LogP contribution in [-0.2, 0) is 16.0 Å². The Balaban J connectivity index is 1.90. The van der Waals surface area contributed by atoms with Gasteiger partial charge in [-0.1, -0.05) is 0 Å². The predicted octanol–water partition coefficient (Wildman–Crippen LogP) is 1.30. The van der Waals surface area contributed by atoms with Gasteiger partial charge in [-0.15, -0.1) is 0 Å². The van der Waals surface area contributed by atoms with Gasteiger partial charge in [-0.3, -0.25) is 9.59 Å². The van der Waals surface area contributed by atoms with Gasteiger partial charge >= 0.3 is 5.97 Å². The van der Waals surface area contributed by atoms with Crippen LogP contribution in [0.1, 0.15) is 5.69 Å². The average molecular weight is 274 g/mol. The van der Waals surface area contributed by atoms with E-state index in [9.17, 15) is 9.59 Å². The number of aromatic nitrogens is 1. The third kappa shape index (κ3) is 2.33. The van der Waals surface area contributed by atoms with E-state index in [1.165, 1.54) is 6.26 Å². The van der Waals surface area contributed by atoms with E-state index >= 15 is 0 Å². The molecule has 7 nitrogen and oxygen atoms in total. The maximum absolute atomic E-state index is 11.3. The molecule has 1 aliphatic rings. The number of fused-ring (bicyclic) bond motifs is 1. The number of nitrogens with zero attached hydrogens (tertiary/aromatic N) is 1. The molecule has 0 fully saturated rings. The number of rotatable bonds is 3. The van der Waals surface area contributed by atoms with Gasteiger partial charge in [0.25, 0.3) is 5.91 Å². The summed E-state index contributed by atoms with van der Waals surface area (Å²) < 4.78 is 10.5. The SMILES string of the molecule is O=C(O)Cc1coc(-c2ccc3c(c2)NC(=O)CO3)n1. The van der Waals surface area contributed by atoms with Gasteiger partial charge in [0.1, 0.15) is 12.0 Å². The van der Waals surface area contributed by atoms with Gasteiger partial charge < -0.3 is 19.6 Å². The van der Waals surface area contributed by atoms with Crippen molar-refractivity contribution in [2.24, 2.45) is 0 Å². The second-order valence-electron chi connectivity index (χ2n) is 4.26. The minimum atomic E-state index is -0.976. The lowest BCUT2D eigenvalue weighted by Gasteiger charge is -2.17. The Labute approximate surface area is 113 Å². The Bertz CT molecular complexity index is 692. The van der Waals surface area contributed by atoms with Crippen LogP contribution in [0.25, 0.3) is 11.5 Å². The molecule has 0 saturated carbocycles. The molecular formula is C13H10N2O5. The summed E-state index contributed by atoms with van der Waals surface area (Å²) >= 11 is 0. The van der Waals surface area contributed by atoms with E-state index in [1.807, 2.05) is 0 Å². The zero-order valence-electron chi connectivity index (χ0n) is 10.3. The molecule has 0 radical (unpaired) electrons.